The molecule has 0 saturated carbocycles. The number of rotatable bonds is 6. The molecule has 1 N–H and O–H groups in total. The summed E-state index contributed by atoms with van der Waals surface area (Å²) >= 11 is 0. The summed E-state index contributed by atoms with van der Waals surface area (Å²) in [5, 5.41) is 9.21. The number of hydrogen-bond donors (Lipinski definition) is 1. The molecule has 1 atom stereocenters. The molecule has 8 nitrogen and oxygen atoms in total. The van der Waals surface area contributed by atoms with Crippen molar-refractivity contribution < 1.29 is 29.0 Å². The van der Waals surface area contributed by atoms with Gasteiger partial charge in [0.05, 0.1) is 12.5 Å². The van der Waals surface area contributed by atoms with E-state index in [1.807, 2.05) is 36.4 Å². The van der Waals surface area contributed by atoms with Gasteiger partial charge in [-0.25, -0.2) is 9.59 Å². The molecule has 8 heteroatoms. The van der Waals surface area contributed by atoms with E-state index in [0.717, 1.165) is 22.3 Å². The fourth-order valence-electron chi connectivity index (χ4n) is 4.80. The first-order chi connectivity index (χ1) is 16.6. The number of nitrogens with zero attached hydrogens (tertiary/aromatic N) is 2. The molecular formula is C27H32N2O6. The molecule has 186 valence electrons. The molecule has 1 heterocycles. The number of carbonyl (C=O) groups is 3. The topological polar surface area (TPSA) is 96.4 Å². The van der Waals surface area contributed by atoms with Crippen LogP contribution in [0.4, 0.5) is 9.59 Å². The van der Waals surface area contributed by atoms with E-state index < -0.39 is 23.8 Å². The Labute approximate surface area is 205 Å². The van der Waals surface area contributed by atoms with E-state index in [2.05, 4.69) is 12.1 Å². The number of aliphatic carboxylic acids is 1. The van der Waals surface area contributed by atoms with Crippen molar-refractivity contribution in [1.82, 2.24) is 9.80 Å². The van der Waals surface area contributed by atoms with E-state index in [1.165, 1.54) is 4.90 Å². The molecule has 2 amide bonds. The van der Waals surface area contributed by atoms with Gasteiger partial charge < -0.3 is 24.4 Å². The maximum absolute atomic E-state index is 13.2. The minimum Gasteiger partial charge on any atom is -0.481 e. The van der Waals surface area contributed by atoms with Gasteiger partial charge in [0, 0.05) is 25.6 Å². The van der Waals surface area contributed by atoms with Crippen molar-refractivity contribution in [3.63, 3.8) is 0 Å². The number of amides is 2. The summed E-state index contributed by atoms with van der Waals surface area (Å²) in [6.07, 6.45) is -0.675. The third-order valence-corrected chi connectivity index (χ3v) is 6.39. The van der Waals surface area contributed by atoms with E-state index in [1.54, 1.807) is 25.7 Å². The Morgan fingerprint density at radius 1 is 1.03 bits per heavy atom. The number of likely N-dealkylation sites (tertiary alicyclic amines) is 1. The number of hydrogen-bond acceptors (Lipinski definition) is 5. The molecule has 1 saturated heterocycles. The largest absolute Gasteiger partial charge is 0.481 e. The van der Waals surface area contributed by atoms with Crippen molar-refractivity contribution in [1.29, 1.82) is 0 Å². The minimum atomic E-state index is -0.997. The first-order valence-electron chi connectivity index (χ1n) is 12.0. The van der Waals surface area contributed by atoms with Crippen LogP contribution in [0.2, 0.25) is 0 Å². The molecule has 0 aromatic heterocycles. The lowest BCUT2D eigenvalue weighted by molar-refractivity contribution is -0.137. The van der Waals surface area contributed by atoms with Gasteiger partial charge in [-0.2, -0.15) is 0 Å². The van der Waals surface area contributed by atoms with Crippen LogP contribution in [0, 0.1) is 0 Å². The summed E-state index contributed by atoms with van der Waals surface area (Å²) in [4.78, 5) is 39.9. The second kappa shape index (κ2) is 9.98. The van der Waals surface area contributed by atoms with Gasteiger partial charge in [0.1, 0.15) is 12.2 Å². The van der Waals surface area contributed by atoms with Crippen molar-refractivity contribution in [2.24, 2.45) is 0 Å². The van der Waals surface area contributed by atoms with Gasteiger partial charge in [0.15, 0.2) is 0 Å². The van der Waals surface area contributed by atoms with Gasteiger partial charge in [0.25, 0.3) is 0 Å². The first-order valence-corrected chi connectivity index (χ1v) is 12.0. The van der Waals surface area contributed by atoms with Crippen LogP contribution in [0.5, 0.6) is 0 Å². The van der Waals surface area contributed by atoms with Crippen molar-refractivity contribution in [2.75, 3.05) is 26.2 Å². The Kier molecular flexibility index (Phi) is 7.00. The molecule has 2 aromatic rings. The van der Waals surface area contributed by atoms with Gasteiger partial charge in [-0.3, -0.25) is 4.79 Å². The quantitative estimate of drug-likeness (QED) is 0.643. The monoisotopic (exact) mass is 480 g/mol. The Morgan fingerprint density at radius 3 is 2.20 bits per heavy atom. The molecular weight excluding hydrogens is 448 g/mol. The van der Waals surface area contributed by atoms with Gasteiger partial charge in [-0.15, -0.1) is 0 Å². The molecule has 2 aromatic carbocycles. The summed E-state index contributed by atoms with van der Waals surface area (Å²) in [5.74, 6) is -1.09. The summed E-state index contributed by atoms with van der Waals surface area (Å²) in [5.41, 5.74) is 3.86. The zero-order chi connectivity index (χ0) is 25.2. The first kappa shape index (κ1) is 24.6. The fourth-order valence-corrected chi connectivity index (χ4v) is 4.80. The third-order valence-electron chi connectivity index (χ3n) is 6.39. The van der Waals surface area contributed by atoms with Gasteiger partial charge in [-0.1, -0.05) is 48.5 Å². The second-order valence-corrected chi connectivity index (χ2v) is 10.0. The number of benzene rings is 2. The maximum Gasteiger partial charge on any atom is 0.410 e. The summed E-state index contributed by atoms with van der Waals surface area (Å²) < 4.78 is 11.2. The molecule has 4 rings (SSSR count). The van der Waals surface area contributed by atoms with Gasteiger partial charge in [0.2, 0.25) is 0 Å². The fraction of sp³-hybridized carbons (Fsp3) is 0.444. The van der Waals surface area contributed by atoms with E-state index >= 15 is 0 Å². The van der Waals surface area contributed by atoms with Crippen LogP contribution >= 0.6 is 0 Å². The third kappa shape index (κ3) is 5.58. The molecule has 1 fully saturated rings. The average Bonchev–Trinajstić information content (AvgIpc) is 3.40. The van der Waals surface area contributed by atoms with E-state index in [0.29, 0.717) is 13.0 Å². The highest BCUT2D eigenvalue weighted by Crippen LogP contribution is 2.44. The maximum atomic E-state index is 13.2. The van der Waals surface area contributed by atoms with Crippen LogP contribution in [-0.4, -0.2) is 70.9 Å². The normalized spacial score (nSPS) is 17.0. The smallest absolute Gasteiger partial charge is 0.410 e. The molecule has 1 aliphatic heterocycles. The van der Waals surface area contributed by atoms with Crippen LogP contribution < -0.4 is 0 Å². The minimum absolute atomic E-state index is 0.0127. The van der Waals surface area contributed by atoms with Crippen molar-refractivity contribution in [3.05, 3.63) is 59.7 Å². The van der Waals surface area contributed by atoms with Crippen LogP contribution in [0.3, 0.4) is 0 Å². The lowest BCUT2D eigenvalue weighted by Crippen LogP contribution is -2.45. The number of carboxylic acids is 1. The number of carboxylic acid groups (broad SMARTS) is 1. The zero-order valence-electron chi connectivity index (χ0n) is 20.4. The van der Waals surface area contributed by atoms with Crippen molar-refractivity contribution in [3.8, 4) is 11.1 Å². The standard InChI is InChI=1S/C27H32N2O6/c1-27(2,3)35-25(32)28-14-12-18(16-28)29(15-13-24(30)31)26(33)34-17-23-21-10-6-4-8-19(21)20-9-5-7-11-22(20)23/h4-11,18,23H,12-17H2,1-3H3,(H,30,31)/t18-/m1/s1. The summed E-state index contributed by atoms with van der Waals surface area (Å²) in [7, 11) is 0. The molecule has 2 aliphatic rings. The Bertz CT molecular complexity index is 1060. The molecule has 0 bridgehead atoms. The van der Waals surface area contributed by atoms with Crippen LogP contribution in [0.1, 0.15) is 50.7 Å². The summed E-state index contributed by atoms with van der Waals surface area (Å²) in [6.45, 7) is 6.27. The average molecular weight is 481 g/mol. The van der Waals surface area contributed by atoms with E-state index in [9.17, 15) is 19.5 Å². The highest BCUT2D eigenvalue weighted by atomic mass is 16.6. The van der Waals surface area contributed by atoms with Gasteiger partial charge in [-0.05, 0) is 49.4 Å². The lowest BCUT2D eigenvalue weighted by atomic mass is 9.98. The number of carbonyl (C=O) groups excluding carboxylic acids is 2. The Morgan fingerprint density at radius 2 is 1.63 bits per heavy atom. The molecule has 0 unspecified atom stereocenters. The van der Waals surface area contributed by atoms with Crippen molar-refractivity contribution >= 4 is 18.2 Å². The summed E-state index contributed by atoms with van der Waals surface area (Å²) in [6, 6.07) is 15.8. The predicted molar refractivity (Wildman–Crippen MR) is 130 cm³/mol. The predicted octanol–water partition coefficient (Wildman–Crippen LogP) is 4.72. The SMILES string of the molecule is CC(C)(C)OC(=O)N1CC[C@@H](N(CCC(=O)O)C(=O)OCC2c3ccccc3-c3ccccc32)C1. The van der Waals surface area contributed by atoms with Gasteiger partial charge >= 0.3 is 18.2 Å². The molecule has 0 spiro atoms. The van der Waals surface area contributed by atoms with Crippen molar-refractivity contribution in [2.45, 2.75) is 51.2 Å². The van der Waals surface area contributed by atoms with E-state index in [-0.39, 0.29) is 38.1 Å². The highest BCUT2D eigenvalue weighted by molar-refractivity contribution is 5.79. The van der Waals surface area contributed by atoms with Crippen LogP contribution in [0.25, 0.3) is 11.1 Å². The zero-order valence-corrected chi connectivity index (χ0v) is 20.4. The Hall–Kier alpha value is -3.55. The number of fused-ring (bicyclic) bond motifs is 3. The van der Waals surface area contributed by atoms with Crippen LogP contribution in [0.15, 0.2) is 48.5 Å². The Balaban J connectivity index is 1.45. The highest BCUT2D eigenvalue weighted by Gasteiger charge is 2.36. The molecule has 1 aliphatic carbocycles. The van der Waals surface area contributed by atoms with Crippen LogP contribution in [-0.2, 0) is 14.3 Å². The molecule has 0 radical (unpaired) electrons. The molecule has 35 heavy (non-hydrogen) atoms. The van der Waals surface area contributed by atoms with E-state index in [4.69, 9.17) is 9.47 Å². The lowest BCUT2D eigenvalue weighted by Gasteiger charge is -2.29. The number of ether oxygens (including phenoxy) is 2. The second-order valence-electron chi connectivity index (χ2n) is 10.0.